The highest BCUT2D eigenvalue weighted by Gasteiger charge is 2.51. The van der Waals surface area contributed by atoms with E-state index < -0.39 is 5.60 Å². The van der Waals surface area contributed by atoms with Gasteiger partial charge in [-0.2, -0.15) is 0 Å². The molecule has 2 fully saturated rings. The van der Waals surface area contributed by atoms with Gasteiger partial charge in [0.1, 0.15) is 11.4 Å². The van der Waals surface area contributed by atoms with Crippen LogP contribution in [0.4, 0.5) is 4.79 Å². The normalized spacial score (nSPS) is 21.3. The second-order valence-electron chi connectivity index (χ2n) is 10.7. The fourth-order valence-electron chi connectivity index (χ4n) is 3.77. The van der Waals surface area contributed by atoms with Crippen LogP contribution in [0.5, 0.6) is 5.75 Å². The van der Waals surface area contributed by atoms with Gasteiger partial charge in [0.2, 0.25) is 0 Å². The van der Waals surface area contributed by atoms with Crippen LogP contribution in [0.2, 0.25) is 0 Å². The second kappa shape index (κ2) is 9.03. The van der Waals surface area contributed by atoms with Crippen LogP contribution in [-0.4, -0.2) is 54.6 Å². The van der Waals surface area contributed by atoms with E-state index in [1.54, 1.807) is 0 Å². The molecular weight excluding hydrogens is 393 g/mol. The number of benzene rings is 1. The zero-order valence-electron chi connectivity index (χ0n) is 20.2. The van der Waals surface area contributed by atoms with Crippen LogP contribution in [0.25, 0.3) is 0 Å². The SMILES string of the molecule is CC(C)(C)OC(=O)N1CCC(CCOc2ccc(B3OC(C)(C)C(C)(C)O3)cc2)CC1. The summed E-state index contributed by atoms with van der Waals surface area (Å²) in [5.41, 5.74) is -0.127. The summed E-state index contributed by atoms with van der Waals surface area (Å²) in [6.45, 7) is 16.1. The van der Waals surface area contributed by atoms with Crippen molar-refractivity contribution >= 4 is 18.7 Å². The Bertz CT molecular complexity index is 732. The van der Waals surface area contributed by atoms with Crippen LogP contribution in [0.1, 0.15) is 67.7 Å². The highest BCUT2D eigenvalue weighted by atomic mass is 16.7. The number of rotatable bonds is 5. The van der Waals surface area contributed by atoms with Gasteiger partial charge in [0, 0.05) is 13.1 Å². The molecule has 3 rings (SSSR count). The lowest BCUT2D eigenvalue weighted by Crippen LogP contribution is -2.41. The number of hydrogen-bond donors (Lipinski definition) is 0. The molecule has 1 amide bonds. The second-order valence-corrected chi connectivity index (χ2v) is 10.7. The average Bonchev–Trinajstić information content (AvgIpc) is 2.89. The summed E-state index contributed by atoms with van der Waals surface area (Å²) in [5, 5.41) is 0. The average molecular weight is 431 g/mol. The number of amides is 1. The lowest BCUT2D eigenvalue weighted by molar-refractivity contribution is 0.00578. The van der Waals surface area contributed by atoms with Crippen molar-refractivity contribution in [2.45, 2.75) is 84.5 Å². The lowest BCUT2D eigenvalue weighted by atomic mass is 9.79. The summed E-state index contributed by atoms with van der Waals surface area (Å²) < 4.78 is 23.6. The van der Waals surface area contributed by atoms with Gasteiger partial charge in [0.05, 0.1) is 17.8 Å². The molecule has 2 aliphatic heterocycles. The van der Waals surface area contributed by atoms with Gasteiger partial charge >= 0.3 is 13.2 Å². The van der Waals surface area contributed by atoms with E-state index in [-0.39, 0.29) is 24.4 Å². The van der Waals surface area contributed by atoms with E-state index in [1.807, 2.05) is 49.9 Å². The van der Waals surface area contributed by atoms with E-state index >= 15 is 0 Å². The van der Waals surface area contributed by atoms with E-state index in [9.17, 15) is 4.79 Å². The predicted octanol–water partition coefficient (Wildman–Crippen LogP) is 4.40. The van der Waals surface area contributed by atoms with Gasteiger partial charge in [-0.15, -0.1) is 0 Å². The Morgan fingerprint density at radius 2 is 1.61 bits per heavy atom. The highest BCUT2D eigenvalue weighted by Crippen LogP contribution is 2.36. The van der Waals surface area contributed by atoms with Crippen LogP contribution in [0.3, 0.4) is 0 Å². The number of ether oxygens (including phenoxy) is 2. The molecule has 0 N–H and O–H groups in total. The first-order valence-corrected chi connectivity index (χ1v) is 11.4. The Morgan fingerprint density at radius 1 is 1.06 bits per heavy atom. The molecule has 1 aromatic rings. The first-order chi connectivity index (χ1) is 14.4. The predicted molar refractivity (Wildman–Crippen MR) is 123 cm³/mol. The summed E-state index contributed by atoms with van der Waals surface area (Å²) in [5.74, 6) is 1.43. The zero-order valence-corrected chi connectivity index (χ0v) is 20.2. The molecule has 2 heterocycles. The zero-order chi connectivity index (χ0) is 22.9. The smallest absolute Gasteiger partial charge is 0.494 e. The monoisotopic (exact) mass is 431 g/mol. The lowest BCUT2D eigenvalue weighted by Gasteiger charge is -2.33. The summed E-state index contributed by atoms with van der Waals surface area (Å²) >= 11 is 0. The number of hydrogen-bond acceptors (Lipinski definition) is 5. The van der Waals surface area contributed by atoms with Gasteiger partial charge in [0.15, 0.2) is 0 Å². The maximum Gasteiger partial charge on any atom is 0.494 e. The van der Waals surface area contributed by atoms with Gasteiger partial charge in [-0.25, -0.2) is 4.79 Å². The quantitative estimate of drug-likeness (QED) is 0.647. The minimum atomic E-state index is -0.445. The van der Waals surface area contributed by atoms with Crippen molar-refractivity contribution < 1.29 is 23.6 Å². The molecular formula is C24H38BNO5. The Morgan fingerprint density at radius 3 is 2.13 bits per heavy atom. The van der Waals surface area contributed by atoms with E-state index in [0.717, 1.165) is 43.6 Å². The van der Waals surface area contributed by atoms with Crippen molar-refractivity contribution in [3.8, 4) is 5.75 Å². The third kappa shape index (κ3) is 6.16. The summed E-state index contributed by atoms with van der Waals surface area (Å²) in [6.07, 6.45) is 2.76. The number of carbonyl (C=O) groups excluding carboxylic acids is 1. The van der Waals surface area contributed by atoms with Crippen molar-refractivity contribution in [1.82, 2.24) is 4.90 Å². The van der Waals surface area contributed by atoms with Crippen molar-refractivity contribution in [2.24, 2.45) is 5.92 Å². The van der Waals surface area contributed by atoms with E-state index in [2.05, 4.69) is 27.7 Å². The maximum atomic E-state index is 12.2. The summed E-state index contributed by atoms with van der Waals surface area (Å²) in [7, 11) is -0.353. The first-order valence-electron chi connectivity index (χ1n) is 11.4. The van der Waals surface area contributed by atoms with Crippen LogP contribution < -0.4 is 10.2 Å². The molecule has 7 heteroatoms. The molecule has 31 heavy (non-hydrogen) atoms. The van der Waals surface area contributed by atoms with Gasteiger partial charge in [-0.05, 0) is 91.2 Å². The molecule has 0 saturated carbocycles. The molecule has 6 nitrogen and oxygen atoms in total. The summed E-state index contributed by atoms with van der Waals surface area (Å²) in [6, 6.07) is 7.98. The Kier molecular flexibility index (Phi) is 6.97. The third-order valence-electron chi connectivity index (χ3n) is 6.47. The fourth-order valence-corrected chi connectivity index (χ4v) is 3.77. The number of piperidine rings is 1. The fraction of sp³-hybridized carbons (Fsp3) is 0.708. The molecule has 0 unspecified atom stereocenters. The summed E-state index contributed by atoms with van der Waals surface area (Å²) in [4.78, 5) is 14.0. The molecule has 0 bridgehead atoms. The minimum absolute atomic E-state index is 0.204. The van der Waals surface area contributed by atoms with Gasteiger partial charge in [0.25, 0.3) is 0 Å². The molecule has 2 saturated heterocycles. The Labute approximate surface area is 187 Å². The van der Waals surface area contributed by atoms with E-state index in [0.29, 0.717) is 12.5 Å². The largest absolute Gasteiger partial charge is 0.494 e. The van der Waals surface area contributed by atoms with Gasteiger partial charge in [-0.3, -0.25) is 0 Å². The number of carbonyl (C=O) groups is 1. The molecule has 0 aliphatic carbocycles. The van der Waals surface area contributed by atoms with Gasteiger partial charge < -0.3 is 23.7 Å². The highest BCUT2D eigenvalue weighted by molar-refractivity contribution is 6.62. The van der Waals surface area contributed by atoms with Crippen molar-refractivity contribution in [1.29, 1.82) is 0 Å². The van der Waals surface area contributed by atoms with Crippen LogP contribution in [0, 0.1) is 5.92 Å². The topological polar surface area (TPSA) is 57.2 Å². The number of likely N-dealkylation sites (tertiary alicyclic amines) is 1. The molecule has 0 atom stereocenters. The van der Waals surface area contributed by atoms with Crippen LogP contribution in [-0.2, 0) is 14.0 Å². The van der Waals surface area contributed by atoms with Crippen LogP contribution in [0.15, 0.2) is 24.3 Å². The first kappa shape index (κ1) is 23.9. The molecule has 0 spiro atoms. The molecule has 0 radical (unpaired) electrons. The molecule has 0 aromatic heterocycles. The molecule has 172 valence electrons. The van der Waals surface area contributed by atoms with E-state index in [1.165, 1.54) is 0 Å². The van der Waals surface area contributed by atoms with Crippen molar-refractivity contribution in [3.63, 3.8) is 0 Å². The van der Waals surface area contributed by atoms with Crippen molar-refractivity contribution in [2.75, 3.05) is 19.7 Å². The van der Waals surface area contributed by atoms with Gasteiger partial charge in [-0.1, -0.05) is 12.1 Å². The number of nitrogens with zero attached hydrogens (tertiary/aromatic N) is 1. The Hall–Kier alpha value is -1.73. The van der Waals surface area contributed by atoms with E-state index in [4.69, 9.17) is 18.8 Å². The maximum absolute atomic E-state index is 12.2. The molecule has 2 aliphatic rings. The minimum Gasteiger partial charge on any atom is -0.494 e. The third-order valence-corrected chi connectivity index (χ3v) is 6.47. The molecule has 1 aromatic carbocycles. The van der Waals surface area contributed by atoms with Crippen LogP contribution >= 0.6 is 0 Å². The Balaban J connectivity index is 1.40. The standard InChI is InChI=1S/C24H38BNO5/c1-22(2,3)29-21(27)26-15-12-18(13-16-26)14-17-28-20-10-8-19(9-11-20)25-30-23(4,5)24(6,7)31-25/h8-11,18H,12-17H2,1-7H3. The van der Waals surface area contributed by atoms with Crippen molar-refractivity contribution in [3.05, 3.63) is 24.3 Å².